The molecule has 1 atom stereocenters. The molecule has 1 aromatic heterocycles. The summed E-state index contributed by atoms with van der Waals surface area (Å²) < 4.78 is 18.8. The van der Waals surface area contributed by atoms with Gasteiger partial charge in [0.1, 0.15) is 5.82 Å². The van der Waals surface area contributed by atoms with Crippen molar-refractivity contribution in [2.24, 2.45) is 0 Å². The highest BCUT2D eigenvalue weighted by Gasteiger charge is 2.51. The summed E-state index contributed by atoms with van der Waals surface area (Å²) in [5.41, 5.74) is 1.61. The third-order valence-corrected chi connectivity index (χ3v) is 6.22. The average Bonchev–Trinajstić information content (AvgIpc) is 3.49. The van der Waals surface area contributed by atoms with Gasteiger partial charge in [-0.2, -0.15) is 4.98 Å². The SMILES string of the molecule is Cc1noc(C2=Cc3cc(N4CC[C@](O)(C(=O)NCc5cc(F)cc(Cl)c5)C4=O)ccc3C2)n1. The van der Waals surface area contributed by atoms with Crippen LogP contribution < -0.4 is 10.2 Å². The highest BCUT2D eigenvalue weighted by molar-refractivity contribution is 6.30. The topological polar surface area (TPSA) is 109 Å². The Labute approximate surface area is 199 Å². The third kappa shape index (κ3) is 3.97. The van der Waals surface area contributed by atoms with Gasteiger partial charge in [0.25, 0.3) is 17.7 Å². The molecule has 174 valence electrons. The third-order valence-electron chi connectivity index (χ3n) is 6.00. The first-order chi connectivity index (χ1) is 16.2. The van der Waals surface area contributed by atoms with Gasteiger partial charge in [0, 0.05) is 42.2 Å². The van der Waals surface area contributed by atoms with Gasteiger partial charge in [-0.25, -0.2) is 4.39 Å². The van der Waals surface area contributed by atoms with Crippen LogP contribution in [0.2, 0.25) is 5.02 Å². The fourth-order valence-corrected chi connectivity index (χ4v) is 4.50. The van der Waals surface area contributed by atoms with Gasteiger partial charge in [0.05, 0.1) is 0 Å². The lowest BCUT2D eigenvalue weighted by Gasteiger charge is -2.22. The smallest absolute Gasteiger partial charge is 0.268 e. The monoisotopic (exact) mass is 482 g/mol. The van der Waals surface area contributed by atoms with E-state index in [-0.39, 0.29) is 24.5 Å². The highest BCUT2D eigenvalue weighted by atomic mass is 35.5. The summed E-state index contributed by atoms with van der Waals surface area (Å²) >= 11 is 5.84. The van der Waals surface area contributed by atoms with E-state index in [1.54, 1.807) is 13.0 Å². The van der Waals surface area contributed by atoms with Crippen molar-refractivity contribution >= 4 is 40.8 Å². The number of amides is 2. The first-order valence-corrected chi connectivity index (χ1v) is 11.0. The van der Waals surface area contributed by atoms with Crippen molar-refractivity contribution < 1.29 is 23.6 Å². The number of aliphatic hydroxyl groups is 1. The second kappa shape index (κ2) is 8.34. The molecule has 2 amide bonds. The van der Waals surface area contributed by atoms with Crippen molar-refractivity contribution in [3.8, 4) is 0 Å². The van der Waals surface area contributed by atoms with Crippen molar-refractivity contribution in [1.82, 2.24) is 15.5 Å². The minimum atomic E-state index is -2.21. The quantitative estimate of drug-likeness (QED) is 0.541. The molecule has 10 heteroatoms. The number of aryl methyl sites for hydroxylation is 1. The van der Waals surface area contributed by atoms with E-state index in [0.29, 0.717) is 29.4 Å². The number of nitrogens with one attached hydrogen (secondary N) is 1. The van der Waals surface area contributed by atoms with Crippen molar-refractivity contribution in [3.63, 3.8) is 0 Å². The maximum absolute atomic E-state index is 13.5. The fraction of sp³-hybridized carbons (Fsp3) is 0.250. The molecule has 0 unspecified atom stereocenters. The first-order valence-electron chi connectivity index (χ1n) is 10.6. The molecule has 2 heterocycles. The molecule has 0 spiro atoms. The zero-order valence-corrected chi connectivity index (χ0v) is 18.9. The van der Waals surface area contributed by atoms with E-state index < -0.39 is 23.2 Å². The van der Waals surface area contributed by atoms with Crippen molar-refractivity contribution in [3.05, 3.63) is 75.6 Å². The molecule has 3 aromatic rings. The maximum atomic E-state index is 13.5. The number of aromatic nitrogens is 2. The molecule has 1 saturated heterocycles. The van der Waals surface area contributed by atoms with Crippen LogP contribution in [-0.4, -0.2) is 39.2 Å². The van der Waals surface area contributed by atoms with Gasteiger partial charge in [0.2, 0.25) is 5.60 Å². The molecule has 1 fully saturated rings. The van der Waals surface area contributed by atoms with Gasteiger partial charge in [0.15, 0.2) is 5.82 Å². The van der Waals surface area contributed by atoms with Crippen LogP contribution >= 0.6 is 11.6 Å². The van der Waals surface area contributed by atoms with Crippen LogP contribution in [0.25, 0.3) is 11.6 Å². The Morgan fingerprint density at radius 3 is 2.88 bits per heavy atom. The summed E-state index contributed by atoms with van der Waals surface area (Å²) in [6, 6.07) is 9.39. The number of hydrogen-bond acceptors (Lipinski definition) is 6. The molecule has 5 rings (SSSR count). The molecule has 2 aromatic carbocycles. The molecule has 2 N–H and O–H groups in total. The van der Waals surface area contributed by atoms with E-state index in [0.717, 1.165) is 22.8 Å². The van der Waals surface area contributed by atoms with E-state index in [1.807, 2.05) is 18.2 Å². The minimum absolute atomic E-state index is 0.0684. The number of anilines is 1. The van der Waals surface area contributed by atoms with E-state index in [2.05, 4.69) is 15.5 Å². The van der Waals surface area contributed by atoms with E-state index in [9.17, 15) is 19.1 Å². The normalized spacial score (nSPS) is 19.4. The molecule has 0 saturated carbocycles. The molecule has 1 aliphatic carbocycles. The zero-order chi connectivity index (χ0) is 24.0. The van der Waals surface area contributed by atoms with Gasteiger partial charge in [-0.05, 0) is 60.0 Å². The van der Waals surface area contributed by atoms with E-state index in [4.69, 9.17) is 16.1 Å². The lowest BCUT2D eigenvalue weighted by Crippen LogP contribution is -2.52. The summed E-state index contributed by atoms with van der Waals surface area (Å²) in [7, 11) is 0. The second-order valence-corrected chi connectivity index (χ2v) is 8.84. The standard InChI is InChI=1S/C24H20ClFN4O4/c1-13-28-21(34-29-13)17-8-15-2-3-20(10-16(15)9-17)30-5-4-24(33,23(30)32)22(31)27-12-14-6-18(25)11-19(26)7-14/h2-3,6-7,9-11,33H,4-5,8,12H2,1H3,(H,27,31)/t24-/m0/s1. The van der Waals surface area contributed by atoms with Crippen LogP contribution in [0.3, 0.4) is 0 Å². The summed E-state index contributed by atoms with van der Waals surface area (Å²) in [4.78, 5) is 31.4. The van der Waals surface area contributed by atoms with Gasteiger partial charge >= 0.3 is 0 Å². The molecule has 34 heavy (non-hydrogen) atoms. The van der Waals surface area contributed by atoms with Crippen LogP contribution in [0, 0.1) is 12.7 Å². The van der Waals surface area contributed by atoms with Crippen LogP contribution in [-0.2, 0) is 22.6 Å². The zero-order valence-electron chi connectivity index (χ0n) is 18.1. The average molecular weight is 483 g/mol. The maximum Gasteiger partial charge on any atom is 0.268 e. The van der Waals surface area contributed by atoms with Gasteiger partial charge in [-0.15, -0.1) is 0 Å². The first kappa shape index (κ1) is 22.2. The molecular formula is C24H20ClFN4O4. The number of rotatable bonds is 5. The Morgan fingerprint density at radius 1 is 1.32 bits per heavy atom. The van der Waals surface area contributed by atoms with Crippen LogP contribution in [0.15, 0.2) is 40.9 Å². The van der Waals surface area contributed by atoms with Gasteiger partial charge in [-0.1, -0.05) is 22.8 Å². The van der Waals surface area contributed by atoms with E-state index >= 15 is 0 Å². The Kier molecular flexibility index (Phi) is 5.45. The van der Waals surface area contributed by atoms with E-state index in [1.165, 1.54) is 17.0 Å². The van der Waals surface area contributed by atoms with Crippen molar-refractivity contribution in [2.75, 3.05) is 11.4 Å². The minimum Gasteiger partial charge on any atom is -0.372 e. The van der Waals surface area contributed by atoms with Gasteiger partial charge in [-0.3, -0.25) is 9.59 Å². The molecule has 8 nitrogen and oxygen atoms in total. The number of carbonyl (C=O) groups is 2. The number of halogens is 2. The number of fused-ring (bicyclic) bond motifs is 1. The van der Waals surface area contributed by atoms with Crippen LogP contribution in [0.4, 0.5) is 10.1 Å². The molecule has 2 aliphatic rings. The summed E-state index contributed by atoms with van der Waals surface area (Å²) in [6.45, 7) is 1.84. The van der Waals surface area contributed by atoms with Crippen LogP contribution in [0.5, 0.6) is 0 Å². The Bertz CT molecular complexity index is 1330. The summed E-state index contributed by atoms with van der Waals surface area (Å²) in [5.74, 6) is -1.08. The largest absolute Gasteiger partial charge is 0.372 e. The molecule has 0 bridgehead atoms. The summed E-state index contributed by atoms with van der Waals surface area (Å²) in [5, 5.41) is 17.4. The lowest BCUT2D eigenvalue weighted by atomic mass is 10.0. The van der Waals surface area contributed by atoms with Crippen molar-refractivity contribution in [2.45, 2.75) is 31.9 Å². The Balaban J connectivity index is 1.31. The van der Waals surface area contributed by atoms with Gasteiger partial charge < -0.3 is 19.8 Å². The number of nitrogens with zero attached hydrogens (tertiary/aromatic N) is 3. The number of hydrogen-bond donors (Lipinski definition) is 2. The molecule has 1 aliphatic heterocycles. The predicted octanol–water partition coefficient (Wildman–Crippen LogP) is 3.05. The number of benzene rings is 2. The number of carbonyl (C=O) groups excluding carboxylic acids is 2. The summed E-state index contributed by atoms with van der Waals surface area (Å²) in [6.07, 6.45) is 2.48. The van der Waals surface area contributed by atoms with Crippen LogP contribution in [0.1, 0.15) is 34.8 Å². The number of allylic oxidation sites excluding steroid dienone is 1. The predicted molar refractivity (Wildman–Crippen MR) is 122 cm³/mol. The Morgan fingerprint density at radius 2 is 2.15 bits per heavy atom. The Hall–Kier alpha value is -3.56. The highest BCUT2D eigenvalue weighted by Crippen LogP contribution is 2.35. The second-order valence-electron chi connectivity index (χ2n) is 8.40. The molecule has 0 radical (unpaired) electrons. The van der Waals surface area contributed by atoms with Crippen molar-refractivity contribution in [1.29, 1.82) is 0 Å². The lowest BCUT2D eigenvalue weighted by molar-refractivity contribution is -0.149. The fourth-order valence-electron chi connectivity index (χ4n) is 4.26. The molecular weight excluding hydrogens is 463 g/mol.